The van der Waals surface area contributed by atoms with E-state index in [1.807, 2.05) is 30.6 Å². The highest BCUT2D eigenvalue weighted by Gasteiger charge is 2.13. The lowest BCUT2D eigenvalue weighted by atomic mass is 10.1. The van der Waals surface area contributed by atoms with Gasteiger partial charge in [-0.2, -0.15) is 0 Å². The van der Waals surface area contributed by atoms with Gasteiger partial charge in [0.15, 0.2) is 11.5 Å². The number of carbonyl (C=O) groups excluding carboxylic acids is 1. The molecule has 0 aromatic heterocycles. The first-order valence-corrected chi connectivity index (χ1v) is 4.82. The van der Waals surface area contributed by atoms with Crippen molar-refractivity contribution < 1.29 is 14.3 Å². The molecule has 1 aliphatic rings. The fourth-order valence-electron chi connectivity index (χ4n) is 1.46. The molecule has 15 heavy (non-hydrogen) atoms. The van der Waals surface area contributed by atoms with Gasteiger partial charge in [0.05, 0.1) is 0 Å². The van der Waals surface area contributed by atoms with Crippen LogP contribution in [0.3, 0.4) is 0 Å². The molecule has 1 aromatic rings. The van der Waals surface area contributed by atoms with Crippen LogP contribution in [0, 0.1) is 0 Å². The van der Waals surface area contributed by atoms with Crippen LogP contribution in [0.15, 0.2) is 24.3 Å². The Morgan fingerprint density at radius 2 is 2.20 bits per heavy atom. The van der Waals surface area contributed by atoms with Gasteiger partial charge in [0.1, 0.15) is 13.2 Å². The average molecular weight is 203 g/mol. The molecule has 1 radical (unpaired) electrons. The van der Waals surface area contributed by atoms with E-state index in [1.165, 1.54) is 0 Å². The number of fused-ring (bicyclic) bond motifs is 1. The van der Waals surface area contributed by atoms with Crippen molar-refractivity contribution in [2.75, 3.05) is 13.2 Å². The Hall–Kier alpha value is -1.77. The first kappa shape index (κ1) is 9.77. The third-order valence-electron chi connectivity index (χ3n) is 2.10. The first-order chi connectivity index (χ1) is 7.42. The second kappa shape index (κ2) is 4.64. The van der Waals surface area contributed by atoms with Crippen LogP contribution < -0.4 is 9.47 Å². The average Bonchev–Trinajstić information content (AvgIpc) is 2.30. The van der Waals surface area contributed by atoms with Crippen LogP contribution in [0.4, 0.5) is 0 Å². The second-order valence-electron chi connectivity index (χ2n) is 3.12. The summed E-state index contributed by atoms with van der Waals surface area (Å²) in [5, 5.41) is 0. The number of allylic oxidation sites excluding steroid dienone is 1. The third-order valence-corrected chi connectivity index (χ3v) is 2.10. The highest BCUT2D eigenvalue weighted by Crippen LogP contribution is 2.34. The molecule has 0 spiro atoms. The molecular formula is C12H11O3. The molecule has 0 N–H and O–H groups in total. The SMILES string of the molecule is O=[C]C/C=C/c1cccc2c1OCCO2. The Bertz CT molecular complexity index is 382. The van der Waals surface area contributed by atoms with E-state index in [9.17, 15) is 4.79 Å². The van der Waals surface area contributed by atoms with Crippen LogP contribution in [-0.4, -0.2) is 19.5 Å². The van der Waals surface area contributed by atoms with Gasteiger partial charge in [-0.3, -0.25) is 4.79 Å². The summed E-state index contributed by atoms with van der Waals surface area (Å²) in [6, 6.07) is 5.70. The van der Waals surface area contributed by atoms with E-state index in [4.69, 9.17) is 9.47 Å². The largest absolute Gasteiger partial charge is 0.486 e. The minimum atomic E-state index is 0.296. The number of ether oxygens (including phenoxy) is 2. The highest BCUT2D eigenvalue weighted by molar-refractivity contribution is 5.65. The van der Waals surface area contributed by atoms with Crippen molar-refractivity contribution in [3.05, 3.63) is 29.8 Å². The Morgan fingerprint density at radius 1 is 1.33 bits per heavy atom. The quantitative estimate of drug-likeness (QED) is 0.753. The lowest BCUT2D eigenvalue weighted by Gasteiger charge is -2.19. The van der Waals surface area contributed by atoms with E-state index in [0.29, 0.717) is 19.6 Å². The van der Waals surface area contributed by atoms with Gasteiger partial charge in [-0.05, 0) is 6.07 Å². The molecule has 3 heteroatoms. The number of hydrogen-bond donors (Lipinski definition) is 0. The lowest BCUT2D eigenvalue weighted by Crippen LogP contribution is -2.15. The zero-order valence-electron chi connectivity index (χ0n) is 8.23. The summed E-state index contributed by atoms with van der Waals surface area (Å²) < 4.78 is 10.9. The van der Waals surface area contributed by atoms with Gasteiger partial charge in [0.2, 0.25) is 6.29 Å². The monoisotopic (exact) mass is 203 g/mol. The van der Waals surface area contributed by atoms with Gasteiger partial charge < -0.3 is 9.47 Å². The van der Waals surface area contributed by atoms with Crippen molar-refractivity contribution in [1.82, 2.24) is 0 Å². The molecule has 0 fully saturated rings. The molecule has 0 unspecified atom stereocenters. The summed E-state index contributed by atoms with van der Waals surface area (Å²) in [7, 11) is 0. The Labute approximate surface area is 88.3 Å². The van der Waals surface area contributed by atoms with Crippen LogP contribution in [0.5, 0.6) is 11.5 Å². The Morgan fingerprint density at radius 3 is 3.07 bits per heavy atom. The maximum atomic E-state index is 10.1. The predicted molar refractivity (Wildman–Crippen MR) is 56.8 cm³/mol. The number of hydrogen-bond acceptors (Lipinski definition) is 3. The number of rotatable bonds is 3. The first-order valence-electron chi connectivity index (χ1n) is 4.82. The zero-order chi connectivity index (χ0) is 10.5. The molecule has 0 amide bonds. The standard InChI is InChI=1S/C12H11O3/c13-7-2-1-4-10-5-3-6-11-12(10)15-9-8-14-11/h1,3-6H,2,8-9H2/b4-1+. The van der Waals surface area contributed by atoms with Gasteiger partial charge in [-0.15, -0.1) is 0 Å². The van der Waals surface area contributed by atoms with E-state index in [2.05, 4.69) is 0 Å². The maximum absolute atomic E-state index is 10.1. The van der Waals surface area contributed by atoms with Crippen molar-refractivity contribution in [2.24, 2.45) is 0 Å². The molecule has 1 aromatic carbocycles. The van der Waals surface area contributed by atoms with Gasteiger partial charge in [-0.1, -0.05) is 24.3 Å². The van der Waals surface area contributed by atoms with E-state index in [1.54, 1.807) is 6.08 Å². The molecule has 2 rings (SSSR count). The molecule has 0 atom stereocenters. The number of para-hydroxylation sites is 1. The second-order valence-corrected chi connectivity index (χ2v) is 3.12. The van der Waals surface area contributed by atoms with Crippen LogP contribution in [0.25, 0.3) is 6.08 Å². The van der Waals surface area contributed by atoms with Crippen molar-refractivity contribution in [3.8, 4) is 11.5 Å². The molecule has 1 heterocycles. The predicted octanol–water partition coefficient (Wildman–Crippen LogP) is 1.97. The van der Waals surface area contributed by atoms with Crippen molar-refractivity contribution >= 4 is 12.4 Å². The molecule has 0 saturated heterocycles. The molecule has 77 valence electrons. The fraction of sp³-hybridized carbons (Fsp3) is 0.250. The van der Waals surface area contributed by atoms with Crippen molar-refractivity contribution in [1.29, 1.82) is 0 Å². The van der Waals surface area contributed by atoms with Crippen LogP contribution in [0.1, 0.15) is 12.0 Å². The van der Waals surface area contributed by atoms with Gasteiger partial charge >= 0.3 is 0 Å². The van der Waals surface area contributed by atoms with Crippen molar-refractivity contribution in [3.63, 3.8) is 0 Å². The Kier molecular flexibility index (Phi) is 3.02. The van der Waals surface area contributed by atoms with E-state index in [0.717, 1.165) is 17.1 Å². The van der Waals surface area contributed by atoms with E-state index < -0.39 is 0 Å². The molecule has 3 nitrogen and oxygen atoms in total. The lowest BCUT2D eigenvalue weighted by molar-refractivity contribution is 0.171. The van der Waals surface area contributed by atoms with Gasteiger partial charge in [0.25, 0.3) is 0 Å². The molecule has 0 saturated carbocycles. The zero-order valence-corrected chi connectivity index (χ0v) is 8.23. The molecule has 1 aliphatic heterocycles. The minimum Gasteiger partial charge on any atom is -0.486 e. The summed E-state index contributed by atoms with van der Waals surface area (Å²) in [4.78, 5) is 10.1. The van der Waals surface area contributed by atoms with Crippen LogP contribution >= 0.6 is 0 Å². The third kappa shape index (κ3) is 2.18. The fourth-order valence-corrected chi connectivity index (χ4v) is 1.46. The smallest absolute Gasteiger partial charge is 0.202 e. The summed E-state index contributed by atoms with van der Waals surface area (Å²) in [6.07, 6.45) is 5.70. The van der Waals surface area contributed by atoms with E-state index in [-0.39, 0.29) is 0 Å². The topological polar surface area (TPSA) is 35.5 Å². The van der Waals surface area contributed by atoms with E-state index >= 15 is 0 Å². The summed E-state index contributed by atoms with van der Waals surface area (Å²) in [6.45, 7) is 1.15. The van der Waals surface area contributed by atoms with Gasteiger partial charge in [0, 0.05) is 12.0 Å². The van der Waals surface area contributed by atoms with Crippen LogP contribution in [-0.2, 0) is 4.79 Å². The molecule has 0 aliphatic carbocycles. The van der Waals surface area contributed by atoms with Gasteiger partial charge in [-0.25, -0.2) is 0 Å². The number of benzene rings is 1. The Balaban J connectivity index is 2.26. The van der Waals surface area contributed by atoms with Crippen LogP contribution in [0.2, 0.25) is 0 Å². The van der Waals surface area contributed by atoms with Crippen molar-refractivity contribution in [2.45, 2.75) is 6.42 Å². The summed E-state index contributed by atoms with van der Waals surface area (Å²) in [5.74, 6) is 1.52. The molecular weight excluding hydrogens is 192 g/mol. The normalized spacial score (nSPS) is 14.1. The maximum Gasteiger partial charge on any atom is 0.202 e. The minimum absolute atomic E-state index is 0.296. The highest BCUT2D eigenvalue weighted by atomic mass is 16.6. The summed E-state index contributed by atoms with van der Waals surface area (Å²) >= 11 is 0. The molecule has 0 bridgehead atoms. The summed E-state index contributed by atoms with van der Waals surface area (Å²) in [5.41, 5.74) is 0.933.